The second kappa shape index (κ2) is 4.56. The second-order valence-corrected chi connectivity index (χ2v) is 4.69. The molecule has 0 aliphatic rings. The molecule has 2 N–H and O–H groups in total. The van der Waals surface area contributed by atoms with E-state index in [9.17, 15) is 4.39 Å². The highest BCUT2D eigenvalue weighted by molar-refractivity contribution is 6.08. The molecule has 4 aromatic rings. The van der Waals surface area contributed by atoms with Crippen molar-refractivity contribution in [2.75, 3.05) is 5.32 Å². The Morgan fingerprint density at radius 1 is 1.10 bits per heavy atom. The molecule has 0 saturated carbocycles. The predicted molar refractivity (Wildman–Crippen MR) is 79.9 cm³/mol. The van der Waals surface area contributed by atoms with Crippen molar-refractivity contribution < 1.29 is 4.39 Å². The summed E-state index contributed by atoms with van der Waals surface area (Å²) in [6.45, 7) is 0. The van der Waals surface area contributed by atoms with Gasteiger partial charge in [0.25, 0.3) is 0 Å². The molecule has 2 aromatic carbocycles. The smallest absolute Gasteiger partial charge is 0.157 e. The molecule has 0 aliphatic heterocycles. The molecular formula is C16H10FN4. The minimum Gasteiger partial charge on any atom is -0.338 e. The fourth-order valence-corrected chi connectivity index (χ4v) is 2.37. The zero-order chi connectivity index (χ0) is 14.2. The Morgan fingerprint density at radius 3 is 2.81 bits per heavy atom. The Morgan fingerprint density at radius 2 is 1.95 bits per heavy atom. The first-order valence-electron chi connectivity index (χ1n) is 6.47. The fourth-order valence-electron chi connectivity index (χ4n) is 2.37. The molecule has 0 amide bonds. The van der Waals surface area contributed by atoms with Gasteiger partial charge in [0.05, 0.1) is 11.7 Å². The average molecular weight is 277 g/mol. The van der Waals surface area contributed by atoms with E-state index in [1.54, 1.807) is 12.3 Å². The lowest BCUT2D eigenvalue weighted by Gasteiger charge is -2.08. The highest BCUT2D eigenvalue weighted by atomic mass is 19.1. The molecule has 0 atom stereocenters. The van der Waals surface area contributed by atoms with Gasteiger partial charge in [0, 0.05) is 16.5 Å². The highest BCUT2D eigenvalue weighted by Crippen LogP contribution is 2.29. The summed E-state index contributed by atoms with van der Waals surface area (Å²) in [5, 5.41) is 11.8. The minimum absolute atomic E-state index is 0.286. The number of anilines is 2. The monoisotopic (exact) mass is 277 g/mol. The number of benzene rings is 2. The van der Waals surface area contributed by atoms with Gasteiger partial charge in [-0.25, -0.2) is 9.37 Å². The van der Waals surface area contributed by atoms with Gasteiger partial charge in [-0.3, -0.25) is 5.10 Å². The Labute approximate surface area is 119 Å². The first-order chi connectivity index (χ1) is 10.3. The van der Waals surface area contributed by atoms with Crippen LogP contribution in [0.4, 0.5) is 15.9 Å². The molecule has 0 saturated heterocycles. The Kier molecular flexibility index (Phi) is 2.57. The maximum Gasteiger partial charge on any atom is 0.157 e. The third-order valence-electron chi connectivity index (χ3n) is 3.34. The molecule has 0 spiro atoms. The summed E-state index contributed by atoms with van der Waals surface area (Å²) >= 11 is 0. The number of hydrogen-bond acceptors (Lipinski definition) is 3. The lowest BCUT2D eigenvalue weighted by molar-refractivity contribution is 0.629. The average Bonchev–Trinajstić information content (AvgIpc) is 2.99. The van der Waals surface area contributed by atoms with Crippen molar-refractivity contribution in [3.63, 3.8) is 0 Å². The third kappa shape index (κ3) is 1.99. The molecule has 4 rings (SSSR count). The van der Waals surface area contributed by atoms with Crippen LogP contribution in [-0.4, -0.2) is 15.2 Å². The quantitative estimate of drug-likeness (QED) is 0.586. The Hall–Kier alpha value is -2.95. The van der Waals surface area contributed by atoms with Gasteiger partial charge < -0.3 is 5.32 Å². The number of rotatable bonds is 2. The van der Waals surface area contributed by atoms with Gasteiger partial charge in [0.2, 0.25) is 0 Å². The van der Waals surface area contributed by atoms with Crippen molar-refractivity contribution >= 4 is 33.3 Å². The predicted octanol–water partition coefficient (Wildman–Crippen LogP) is 3.79. The largest absolute Gasteiger partial charge is 0.338 e. The molecule has 1 radical (unpaired) electrons. The number of aromatic amines is 1. The molecule has 101 valence electrons. The van der Waals surface area contributed by atoms with Gasteiger partial charge in [-0.05, 0) is 36.4 Å². The molecule has 0 bridgehead atoms. The van der Waals surface area contributed by atoms with Crippen molar-refractivity contribution in [2.45, 2.75) is 0 Å². The van der Waals surface area contributed by atoms with Gasteiger partial charge in [0.1, 0.15) is 11.3 Å². The molecule has 5 heteroatoms. The SMILES string of the molecule is Fc1ccc2nc(Nc3cc[c]cc3)c3[nH]ncc3c2c1. The zero-order valence-corrected chi connectivity index (χ0v) is 10.9. The topological polar surface area (TPSA) is 53.6 Å². The normalized spacial score (nSPS) is 11.1. The third-order valence-corrected chi connectivity index (χ3v) is 3.34. The Balaban J connectivity index is 1.95. The van der Waals surface area contributed by atoms with Crippen molar-refractivity contribution in [3.8, 4) is 0 Å². The molecule has 0 fully saturated rings. The number of aromatic nitrogens is 3. The first kappa shape index (κ1) is 11.8. The van der Waals surface area contributed by atoms with E-state index in [1.807, 2.05) is 24.3 Å². The number of fused-ring (bicyclic) bond motifs is 3. The van der Waals surface area contributed by atoms with Crippen LogP contribution in [0.5, 0.6) is 0 Å². The first-order valence-corrected chi connectivity index (χ1v) is 6.47. The van der Waals surface area contributed by atoms with E-state index < -0.39 is 0 Å². The minimum atomic E-state index is -0.286. The van der Waals surface area contributed by atoms with Crippen LogP contribution < -0.4 is 5.32 Å². The summed E-state index contributed by atoms with van der Waals surface area (Å²) in [5.74, 6) is 0.374. The number of hydrogen-bond donors (Lipinski definition) is 2. The summed E-state index contributed by atoms with van der Waals surface area (Å²) in [6, 6.07) is 15.0. The van der Waals surface area contributed by atoms with Crippen LogP contribution in [0.15, 0.2) is 48.7 Å². The number of pyridine rings is 1. The standard InChI is InChI=1S/C16H10FN4/c17-10-6-7-14-12(8-10)13-9-18-21-15(13)16(20-14)19-11-4-2-1-3-5-11/h2-9H,(H,18,21)(H,19,20). The number of halogens is 1. The van der Waals surface area contributed by atoms with E-state index in [0.29, 0.717) is 5.82 Å². The van der Waals surface area contributed by atoms with Crippen LogP contribution in [0.1, 0.15) is 0 Å². The summed E-state index contributed by atoms with van der Waals surface area (Å²) in [4.78, 5) is 4.55. The van der Waals surface area contributed by atoms with Crippen LogP contribution in [0.25, 0.3) is 21.8 Å². The lowest BCUT2D eigenvalue weighted by Crippen LogP contribution is -1.96. The fraction of sp³-hybridized carbons (Fsp3) is 0. The van der Waals surface area contributed by atoms with Gasteiger partial charge in [0.15, 0.2) is 5.82 Å². The van der Waals surface area contributed by atoms with E-state index in [2.05, 4.69) is 26.6 Å². The summed E-state index contributed by atoms with van der Waals surface area (Å²) in [6.07, 6.45) is 1.68. The second-order valence-electron chi connectivity index (χ2n) is 4.69. The zero-order valence-electron chi connectivity index (χ0n) is 10.9. The van der Waals surface area contributed by atoms with Crippen LogP contribution in [0.3, 0.4) is 0 Å². The van der Waals surface area contributed by atoms with Crippen LogP contribution >= 0.6 is 0 Å². The number of nitrogens with zero attached hydrogens (tertiary/aromatic N) is 2. The van der Waals surface area contributed by atoms with Gasteiger partial charge >= 0.3 is 0 Å². The maximum absolute atomic E-state index is 13.4. The molecule has 4 nitrogen and oxygen atoms in total. The molecule has 2 heterocycles. The Bertz CT molecular complexity index is 931. The number of nitrogens with one attached hydrogen (secondary N) is 2. The van der Waals surface area contributed by atoms with E-state index in [4.69, 9.17) is 0 Å². The molecular weight excluding hydrogens is 267 g/mol. The van der Waals surface area contributed by atoms with E-state index in [1.165, 1.54) is 12.1 Å². The van der Waals surface area contributed by atoms with E-state index in [0.717, 1.165) is 27.5 Å². The molecule has 2 aromatic heterocycles. The van der Waals surface area contributed by atoms with Crippen LogP contribution in [-0.2, 0) is 0 Å². The van der Waals surface area contributed by atoms with Gasteiger partial charge in [-0.1, -0.05) is 12.1 Å². The van der Waals surface area contributed by atoms with E-state index >= 15 is 0 Å². The summed E-state index contributed by atoms with van der Waals surface area (Å²) in [7, 11) is 0. The van der Waals surface area contributed by atoms with Gasteiger partial charge in [-0.2, -0.15) is 5.10 Å². The molecule has 0 unspecified atom stereocenters. The molecule has 0 aliphatic carbocycles. The van der Waals surface area contributed by atoms with Crippen LogP contribution in [0.2, 0.25) is 0 Å². The van der Waals surface area contributed by atoms with Crippen LogP contribution in [0, 0.1) is 11.9 Å². The van der Waals surface area contributed by atoms with Crippen molar-refractivity contribution in [3.05, 3.63) is 60.5 Å². The van der Waals surface area contributed by atoms with Crippen molar-refractivity contribution in [1.29, 1.82) is 0 Å². The van der Waals surface area contributed by atoms with Gasteiger partial charge in [-0.15, -0.1) is 0 Å². The summed E-state index contributed by atoms with van der Waals surface area (Å²) in [5.41, 5.74) is 2.37. The summed E-state index contributed by atoms with van der Waals surface area (Å²) < 4.78 is 13.4. The van der Waals surface area contributed by atoms with Crippen molar-refractivity contribution in [1.82, 2.24) is 15.2 Å². The maximum atomic E-state index is 13.4. The van der Waals surface area contributed by atoms with Crippen molar-refractivity contribution in [2.24, 2.45) is 0 Å². The molecule has 21 heavy (non-hydrogen) atoms. The lowest BCUT2D eigenvalue weighted by atomic mass is 10.1. The highest BCUT2D eigenvalue weighted by Gasteiger charge is 2.11. The number of H-pyrrole nitrogens is 1. The van der Waals surface area contributed by atoms with E-state index in [-0.39, 0.29) is 5.82 Å².